The number of hydrogen-bond donors (Lipinski definition) is 2. The van der Waals surface area contributed by atoms with Gasteiger partial charge in [-0.2, -0.15) is 0 Å². The van der Waals surface area contributed by atoms with Crippen molar-refractivity contribution in [2.45, 2.75) is 38.3 Å². The molecule has 2 rings (SSSR count). The maximum Gasteiger partial charge on any atom is 0.120 e. The van der Waals surface area contributed by atoms with Gasteiger partial charge in [0.15, 0.2) is 0 Å². The molecule has 1 fully saturated rings. The van der Waals surface area contributed by atoms with E-state index in [1.165, 1.54) is 0 Å². The van der Waals surface area contributed by atoms with Crippen molar-refractivity contribution >= 4 is 0 Å². The molecule has 0 aromatic heterocycles. The Morgan fingerprint density at radius 2 is 2.00 bits per heavy atom. The Kier molecular flexibility index (Phi) is 3.69. The third-order valence-electron chi connectivity index (χ3n) is 3.17. The first-order chi connectivity index (χ1) is 8.05. The van der Waals surface area contributed by atoms with Gasteiger partial charge in [-0.25, -0.2) is 0 Å². The number of rotatable bonds is 3. The minimum atomic E-state index is -0.312. The van der Waals surface area contributed by atoms with Crippen LogP contribution in [0.4, 0.5) is 0 Å². The zero-order chi connectivity index (χ0) is 12.3. The molecule has 1 aromatic carbocycles. The maximum atomic E-state index is 6.09. The van der Waals surface area contributed by atoms with Crippen LogP contribution in [0, 0.1) is 0 Å². The number of ether oxygens (including phenoxy) is 1. The van der Waals surface area contributed by atoms with E-state index in [9.17, 15) is 0 Å². The van der Waals surface area contributed by atoms with Crippen LogP contribution in [-0.4, -0.2) is 19.2 Å². The van der Waals surface area contributed by atoms with Crippen molar-refractivity contribution in [1.29, 1.82) is 0 Å². The van der Waals surface area contributed by atoms with Crippen molar-refractivity contribution in [1.82, 2.24) is 5.32 Å². The van der Waals surface area contributed by atoms with Crippen molar-refractivity contribution in [2.75, 3.05) is 13.1 Å². The van der Waals surface area contributed by atoms with Crippen LogP contribution in [0.1, 0.15) is 32.3 Å². The number of nitrogens with two attached hydrogens (primary N) is 1. The quantitative estimate of drug-likeness (QED) is 0.841. The third kappa shape index (κ3) is 3.45. The summed E-state index contributed by atoms with van der Waals surface area (Å²) in [5, 5.41) is 3.34. The lowest BCUT2D eigenvalue weighted by Gasteiger charge is -2.25. The highest BCUT2D eigenvalue weighted by Gasteiger charge is 2.17. The smallest absolute Gasteiger partial charge is 0.120 e. The van der Waals surface area contributed by atoms with Gasteiger partial charge in [0, 0.05) is 5.54 Å². The van der Waals surface area contributed by atoms with Crippen molar-refractivity contribution in [3.63, 3.8) is 0 Å². The summed E-state index contributed by atoms with van der Waals surface area (Å²) < 4.78 is 6.00. The van der Waals surface area contributed by atoms with Gasteiger partial charge in [-0.15, -0.1) is 0 Å². The van der Waals surface area contributed by atoms with E-state index in [4.69, 9.17) is 10.5 Å². The van der Waals surface area contributed by atoms with Crippen LogP contribution in [0.15, 0.2) is 24.3 Å². The Balaban J connectivity index is 2.05. The molecule has 0 saturated carbocycles. The van der Waals surface area contributed by atoms with E-state index in [-0.39, 0.29) is 5.54 Å². The summed E-state index contributed by atoms with van der Waals surface area (Å²) in [6.45, 7) is 6.12. The largest absolute Gasteiger partial charge is 0.490 e. The lowest BCUT2D eigenvalue weighted by Crippen LogP contribution is -2.34. The Morgan fingerprint density at radius 1 is 1.29 bits per heavy atom. The van der Waals surface area contributed by atoms with Crippen LogP contribution < -0.4 is 15.8 Å². The fourth-order valence-corrected chi connectivity index (χ4v) is 2.08. The Labute approximate surface area is 103 Å². The number of nitrogens with one attached hydrogen (secondary N) is 1. The molecular formula is C14H22N2O. The molecule has 94 valence electrons. The van der Waals surface area contributed by atoms with E-state index in [1.54, 1.807) is 0 Å². The van der Waals surface area contributed by atoms with Crippen molar-refractivity contribution in [2.24, 2.45) is 5.73 Å². The molecule has 1 aliphatic rings. The maximum absolute atomic E-state index is 6.09. The van der Waals surface area contributed by atoms with E-state index < -0.39 is 0 Å². The van der Waals surface area contributed by atoms with Gasteiger partial charge in [0.05, 0.1) is 0 Å². The highest BCUT2D eigenvalue weighted by molar-refractivity contribution is 5.32. The molecule has 0 amide bonds. The highest BCUT2D eigenvalue weighted by atomic mass is 16.5. The molecule has 3 N–H and O–H groups in total. The Hall–Kier alpha value is -1.06. The molecule has 0 radical (unpaired) electrons. The first-order valence-electron chi connectivity index (χ1n) is 6.32. The fraction of sp³-hybridized carbons (Fsp3) is 0.571. The SMILES string of the molecule is CC(C)(N)c1cccc(OC2CCNCC2)c1. The number of piperidine rings is 1. The number of benzene rings is 1. The molecule has 17 heavy (non-hydrogen) atoms. The van der Waals surface area contributed by atoms with Crippen LogP contribution in [0.3, 0.4) is 0 Å². The molecule has 1 saturated heterocycles. The normalized spacial score (nSPS) is 18.1. The van der Waals surface area contributed by atoms with Gasteiger partial charge in [0.2, 0.25) is 0 Å². The Bertz CT molecular complexity index is 365. The summed E-state index contributed by atoms with van der Waals surface area (Å²) in [6.07, 6.45) is 2.50. The van der Waals surface area contributed by atoms with E-state index in [0.29, 0.717) is 6.10 Å². The zero-order valence-electron chi connectivity index (χ0n) is 10.7. The molecular weight excluding hydrogens is 212 g/mol. The third-order valence-corrected chi connectivity index (χ3v) is 3.17. The van der Waals surface area contributed by atoms with E-state index in [1.807, 2.05) is 26.0 Å². The predicted octanol–water partition coefficient (Wildman–Crippen LogP) is 2.01. The van der Waals surface area contributed by atoms with Crippen LogP contribution in [0.2, 0.25) is 0 Å². The molecule has 3 nitrogen and oxygen atoms in total. The second kappa shape index (κ2) is 5.07. The average molecular weight is 234 g/mol. The zero-order valence-corrected chi connectivity index (χ0v) is 10.7. The first kappa shape index (κ1) is 12.4. The van der Waals surface area contributed by atoms with Gasteiger partial charge >= 0.3 is 0 Å². The first-order valence-corrected chi connectivity index (χ1v) is 6.32. The molecule has 1 aromatic rings. The minimum Gasteiger partial charge on any atom is -0.490 e. The lowest BCUT2D eigenvalue weighted by molar-refractivity contribution is 0.162. The molecule has 3 heteroatoms. The van der Waals surface area contributed by atoms with E-state index in [0.717, 1.165) is 37.2 Å². The topological polar surface area (TPSA) is 47.3 Å². The standard InChI is InChI=1S/C14H22N2O/c1-14(2,15)11-4-3-5-13(10-11)17-12-6-8-16-9-7-12/h3-5,10,12,16H,6-9,15H2,1-2H3. The van der Waals surface area contributed by atoms with Gasteiger partial charge in [0.25, 0.3) is 0 Å². The van der Waals surface area contributed by atoms with Crippen molar-refractivity contribution < 1.29 is 4.74 Å². The highest BCUT2D eigenvalue weighted by Crippen LogP contribution is 2.23. The van der Waals surface area contributed by atoms with Gasteiger partial charge in [-0.3, -0.25) is 0 Å². The molecule has 0 unspecified atom stereocenters. The molecule has 1 heterocycles. The van der Waals surface area contributed by atoms with Gasteiger partial charge in [-0.1, -0.05) is 12.1 Å². The average Bonchev–Trinajstić information content (AvgIpc) is 2.29. The van der Waals surface area contributed by atoms with Gasteiger partial charge in [-0.05, 0) is 57.5 Å². The second-order valence-corrected chi connectivity index (χ2v) is 5.32. The minimum absolute atomic E-state index is 0.312. The number of hydrogen-bond acceptors (Lipinski definition) is 3. The van der Waals surface area contributed by atoms with E-state index >= 15 is 0 Å². The predicted molar refractivity (Wildman–Crippen MR) is 70.2 cm³/mol. The second-order valence-electron chi connectivity index (χ2n) is 5.32. The van der Waals surface area contributed by atoms with Crippen LogP contribution >= 0.6 is 0 Å². The molecule has 0 spiro atoms. The van der Waals surface area contributed by atoms with Gasteiger partial charge in [0.1, 0.15) is 11.9 Å². The fourth-order valence-electron chi connectivity index (χ4n) is 2.08. The summed E-state index contributed by atoms with van der Waals surface area (Å²) in [6, 6.07) is 8.13. The summed E-state index contributed by atoms with van der Waals surface area (Å²) in [4.78, 5) is 0. The molecule has 0 bridgehead atoms. The Morgan fingerprint density at radius 3 is 2.65 bits per heavy atom. The van der Waals surface area contributed by atoms with Crippen LogP contribution in [-0.2, 0) is 5.54 Å². The summed E-state index contributed by atoms with van der Waals surface area (Å²) in [5.74, 6) is 0.938. The summed E-state index contributed by atoms with van der Waals surface area (Å²) >= 11 is 0. The van der Waals surface area contributed by atoms with E-state index in [2.05, 4.69) is 17.4 Å². The molecule has 0 atom stereocenters. The summed E-state index contributed by atoms with van der Waals surface area (Å²) in [5.41, 5.74) is 6.90. The van der Waals surface area contributed by atoms with Crippen molar-refractivity contribution in [3.8, 4) is 5.75 Å². The monoisotopic (exact) mass is 234 g/mol. The van der Waals surface area contributed by atoms with Crippen LogP contribution in [0.5, 0.6) is 5.75 Å². The summed E-state index contributed by atoms with van der Waals surface area (Å²) in [7, 11) is 0. The van der Waals surface area contributed by atoms with Crippen LogP contribution in [0.25, 0.3) is 0 Å². The lowest BCUT2D eigenvalue weighted by atomic mass is 9.95. The molecule has 0 aliphatic carbocycles. The van der Waals surface area contributed by atoms with Gasteiger partial charge < -0.3 is 15.8 Å². The van der Waals surface area contributed by atoms with Crippen molar-refractivity contribution in [3.05, 3.63) is 29.8 Å². The molecule has 1 aliphatic heterocycles.